The van der Waals surface area contributed by atoms with Gasteiger partial charge in [0, 0.05) is 5.56 Å². The number of nitrogens with one attached hydrogen (secondary N) is 2. The highest BCUT2D eigenvalue weighted by Crippen LogP contribution is 2.13. The monoisotopic (exact) mass is 246 g/mol. The summed E-state index contributed by atoms with van der Waals surface area (Å²) in [6, 6.07) is 5.82. The molecule has 94 valence electrons. The minimum atomic E-state index is -0.230. The Kier molecular flexibility index (Phi) is 3.27. The van der Waals surface area contributed by atoms with Crippen molar-refractivity contribution in [2.24, 2.45) is 0 Å². The minimum Gasteiger partial charge on any atom is -0.466 e. The molecule has 1 amide bonds. The average molecular weight is 246 g/mol. The molecule has 0 aliphatic heterocycles. The summed E-state index contributed by atoms with van der Waals surface area (Å²) in [5, 5.41) is 8.94. The first kappa shape index (κ1) is 12.1. The predicted octanol–water partition coefficient (Wildman–Crippen LogP) is 1.68. The lowest BCUT2D eigenvalue weighted by Crippen LogP contribution is -2.14. The van der Waals surface area contributed by atoms with Crippen LogP contribution in [0, 0.1) is 13.8 Å². The summed E-state index contributed by atoms with van der Waals surface area (Å²) in [4.78, 5) is 15.9. The van der Waals surface area contributed by atoms with Gasteiger partial charge in [0.2, 0.25) is 5.95 Å². The number of methoxy groups -OCH3 is 1. The molecule has 0 unspecified atom stereocenters. The number of aromatic amines is 1. The normalized spacial score (nSPS) is 10.2. The van der Waals surface area contributed by atoms with Crippen molar-refractivity contribution in [3.05, 3.63) is 34.9 Å². The molecule has 2 aromatic rings. The molecular formula is C12H14N4O2. The van der Waals surface area contributed by atoms with Gasteiger partial charge in [0.15, 0.2) is 0 Å². The highest BCUT2D eigenvalue weighted by atomic mass is 16.5. The molecule has 18 heavy (non-hydrogen) atoms. The third kappa shape index (κ3) is 2.48. The Balaban J connectivity index is 2.16. The Morgan fingerprint density at radius 1 is 1.39 bits per heavy atom. The molecule has 0 aliphatic rings. The number of ether oxygens (including phenoxy) is 1. The van der Waals surface area contributed by atoms with Crippen LogP contribution in [0.2, 0.25) is 0 Å². The van der Waals surface area contributed by atoms with Gasteiger partial charge in [-0.3, -0.25) is 10.1 Å². The fourth-order valence-electron chi connectivity index (χ4n) is 1.64. The van der Waals surface area contributed by atoms with Crippen LogP contribution in [0.1, 0.15) is 21.5 Å². The maximum absolute atomic E-state index is 12.0. The third-order valence-electron chi connectivity index (χ3n) is 2.51. The number of amides is 1. The van der Waals surface area contributed by atoms with Crippen LogP contribution in [0.3, 0.4) is 0 Å². The lowest BCUT2D eigenvalue weighted by Gasteiger charge is -2.05. The lowest BCUT2D eigenvalue weighted by molar-refractivity contribution is 0.102. The van der Waals surface area contributed by atoms with E-state index in [0.717, 1.165) is 11.1 Å². The summed E-state index contributed by atoms with van der Waals surface area (Å²) < 4.78 is 4.82. The van der Waals surface area contributed by atoms with Crippen LogP contribution in [0.4, 0.5) is 5.95 Å². The Bertz CT molecular complexity index is 577. The van der Waals surface area contributed by atoms with Crippen molar-refractivity contribution < 1.29 is 9.53 Å². The van der Waals surface area contributed by atoms with E-state index in [1.165, 1.54) is 7.11 Å². The van der Waals surface area contributed by atoms with Crippen LogP contribution in [0.15, 0.2) is 18.2 Å². The molecule has 0 atom stereocenters. The zero-order valence-corrected chi connectivity index (χ0v) is 10.4. The van der Waals surface area contributed by atoms with Crippen LogP contribution < -0.4 is 10.1 Å². The average Bonchev–Trinajstić information content (AvgIpc) is 2.76. The van der Waals surface area contributed by atoms with Crippen LogP contribution in [0.25, 0.3) is 0 Å². The molecule has 2 rings (SSSR count). The molecule has 6 heteroatoms. The number of carbonyl (C=O) groups is 1. The Morgan fingerprint density at radius 2 is 2.17 bits per heavy atom. The van der Waals surface area contributed by atoms with E-state index in [1.807, 2.05) is 26.0 Å². The quantitative estimate of drug-likeness (QED) is 0.863. The van der Waals surface area contributed by atoms with E-state index in [-0.39, 0.29) is 17.9 Å². The molecule has 0 radical (unpaired) electrons. The molecule has 1 heterocycles. The highest BCUT2D eigenvalue weighted by Gasteiger charge is 2.11. The number of nitrogens with zero attached hydrogens (tertiary/aromatic N) is 2. The van der Waals surface area contributed by atoms with E-state index < -0.39 is 0 Å². The fourth-order valence-corrected chi connectivity index (χ4v) is 1.64. The smallest absolute Gasteiger partial charge is 0.336 e. The van der Waals surface area contributed by atoms with Crippen molar-refractivity contribution >= 4 is 11.9 Å². The molecule has 6 nitrogen and oxygen atoms in total. The molecule has 0 aliphatic carbocycles. The zero-order chi connectivity index (χ0) is 13.1. The summed E-state index contributed by atoms with van der Waals surface area (Å²) in [6.07, 6.45) is 0. The number of hydrogen-bond donors (Lipinski definition) is 2. The number of rotatable bonds is 3. The second kappa shape index (κ2) is 4.87. The largest absolute Gasteiger partial charge is 0.466 e. The van der Waals surface area contributed by atoms with Gasteiger partial charge in [0.25, 0.3) is 5.91 Å². The molecule has 1 aromatic heterocycles. The predicted molar refractivity (Wildman–Crippen MR) is 66.8 cm³/mol. The molecule has 0 saturated carbocycles. The van der Waals surface area contributed by atoms with Crippen molar-refractivity contribution in [2.75, 3.05) is 12.4 Å². The summed E-state index contributed by atoms with van der Waals surface area (Å²) in [6.45, 7) is 3.87. The van der Waals surface area contributed by atoms with Crippen molar-refractivity contribution in [2.45, 2.75) is 13.8 Å². The van der Waals surface area contributed by atoms with Gasteiger partial charge in [-0.15, -0.1) is 5.10 Å². The van der Waals surface area contributed by atoms with E-state index >= 15 is 0 Å². The van der Waals surface area contributed by atoms with E-state index in [9.17, 15) is 4.79 Å². The molecular weight excluding hydrogens is 232 g/mol. The number of carbonyl (C=O) groups excluding carboxylic acids is 1. The second-order valence-electron chi connectivity index (χ2n) is 3.94. The van der Waals surface area contributed by atoms with Gasteiger partial charge in [-0.05, 0) is 25.5 Å². The van der Waals surface area contributed by atoms with E-state index in [0.29, 0.717) is 5.56 Å². The molecule has 0 spiro atoms. The molecule has 0 saturated heterocycles. The standard InChI is InChI=1S/C12H14N4O2/c1-7-4-5-9(8(2)6-7)10(17)13-11-14-12(18-3)16-15-11/h4-6H,1-3H3,(H2,13,14,15,16,17). The summed E-state index contributed by atoms with van der Waals surface area (Å²) >= 11 is 0. The van der Waals surface area contributed by atoms with Crippen LogP contribution >= 0.6 is 0 Å². The van der Waals surface area contributed by atoms with Gasteiger partial charge >= 0.3 is 6.01 Å². The van der Waals surface area contributed by atoms with Crippen molar-refractivity contribution in [3.63, 3.8) is 0 Å². The SMILES string of the molecule is COc1n[nH]c(NC(=O)c2ccc(C)cc2C)n1. The molecule has 1 aromatic carbocycles. The van der Waals surface area contributed by atoms with Gasteiger partial charge in [-0.2, -0.15) is 4.98 Å². The molecule has 0 fully saturated rings. The number of aryl methyl sites for hydroxylation is 2. The topological polar surface area (TPSA) is 79.9 Å². The summed E-state index contributed by atoms with van der Waals surface area (Å²) in [7, 11) is 1.46. The maximum atomic E-state index is 12.0. The minimum absolute atomic E-state index is 0.186. The van der Waals surface area contributed by atoms with Gasteiger partial charge in [-0.1, -0.05) is 17.7 Å². The van der Waals surface area contributed by atoms with Crippen molar-refractivity contribution in [1.82, 2.24) is 15.2 Å². The fraction of sp³-hybridized carbons (Fsp3) is 0.250. The van der Waals surface area contributed by atoms with Crippen molar-refractivity contribution in [1.29, 1.82) is 0 Å². The Morgan fingerprint density at radius 3 is 2.78 bits per heavy atom. The number of anilines is 1. The first-order valence-electron chi connectivity index (χ1n) is 5.45. The van der Waals surface area contributed by atoms with Crippen LogP contribution in [0.5, 0.6) is 6.01 Å². The number of H-pyrrole nitrogens is 1. The van der Waals surface area contributed by atoms with E-state index in [4.69, 9.17) is 4.74 Å². The number of hydrogen-bond acceptors (Lipinski definition) is 4. The van der Waals surface area contributed by atoms with Gasteiger partial charge < -0.3 is 4.74 Å². The van der Waals surface area contributed by atoms with E-state index in [1.54, 1.807) is 6.07 Å². The van der Waals surface area contributed by atoms with Crippen LogP contribution in [-0.4, -0.2) is 28.2 Å². The van der Waals surface area contributed by atoms with Gasteiger partial charge in [0.05, 0.1) is 7.11 Å². The summed E-state index contributed by atoms with van der Waals surface area (Å²) in [5.41, 5.74) is 2.64. The Labute approximate surface area is 104 Å². The van der Waals surface area contributed by atoms with Crippen LogP contribution in [-0.2, 0) is 0 Å². The number of benzene rings is 1. The summed E-state index contributed by atoms with van der Waals surface area (Å²) in [5.74, 6) is 0.0307. The zero-order valence-electron chi connectivity index (χ0n) is 10.4. The maximum Gasteiger partial charge on any atom is 0.336 e. The first-order chi connectivity index (χ1) is 8.60. The van der Waals surface area contributed by atoms with Gasteiger partial charge in [0.1, 0.15) is 0 Å². The molecule has 0 bridgehead atoms. The lowest BCUT2D eigenvalue weighted by atomic mass is 10.1. The van der Waals surface area contributed by atoms with Gasteiger partial charge in [-0.25, -0.2) is 5.10 Å². The highest BCUT2D eigenvalue weighted by molar-refractivity contribution is 6.04. The first-order valence-corrected chi connectivity index (χ1v) is 5.45. The third-order valence-corrected chi connectivity index (χ3v) is 2.51. The van der Waals surface area contributed by atoms with Crippen molar-refractivity contribution in [3.8, 4) is 6.01 Å². The molecule has 2 N–H and O–H groups in total. The second-order valence-corrected chi connectivity index (χ2v) is 3.94. The number of aromatic nitrogens is 3. The Hall–Kier alpha value is -2.37. The van der Waals surface area contributed by atoms with E-state index in [2.05, 4.69) is 20.5 Å².